The van der Waals surface area contributed by atoms with Crippen LogP contribution in [-0.2, 0) is 14.3 Å². The molecule has 2 atom stereocenters. The molecular formula is C58H109NO5. The van der Waals surface area contributed by atoms with Crippen molar-refractivity contribution in [3.63, 3.8) is 0 Å². The maximum Gasteiger partial charge on any atom is 0.305 e. The minimum Gasteiger partial charge on any atom is -0.466 e. The van der Waals surface area contributed by atoms with Gasteiger partial charge in [-0.15, -0.1) is 0 Å². The lowest BCUT2D eigenvalue weighted by Crippen LogP contribution is -2.45. The molecule has 0 aliphatic carbocycles. The molecule has 0 aromatic carbocycles. The Bertz CT molecular complexity index is 1040. The smallest absolute Gasteiger partial charge is 0.305 e. The Morgan fingerprint density at radius 2 is 0.797 bits per heavy atom. The zero-order valence-electron chi connectivity index (χ0n) is 42.8. The summed E-state index contributed by atoms with van der Waals surface area (Å²) in [6.07, 6.45) is 65.6. The number of allylic oxidation sites excluding steroid dienone is 6. The molecule has 0 heterocycles. The number of hydrogen-bond donors (Lipinski definition) is 3. The van der Waals surface area contributed by atoms with Crippen molar-refractivity contribution in [2.45, 2.75) is 309 Å². The van der Waals surface area contributed by atoms with Crippen LogP contribution in [0.2, 0.25) is 0 Å². The topological polar surface area (TPSA) is 95.9 Å². The van der Waals surface area contributed by atoms with Gasteiger partial charge in [-0.2, -0.15) is 0 Å². The zero-order valence-corrected chi connectivity index (χ0v) is 42.8. The third-order valence-electron chi connectivity index (χ3n) is 12.9. The van der Waals surface area contributed by atoms with Gasteiger partial charge in [0.05, 0.1) is 25.4 Å². The van der Waals surface area contributed by atoms with Crippen LogP contribution in [0.25, 0.3) is 0 Å². The predicted molar refractivity (Wildman–Crippen MR) is 278 cm³/mol. The summed E-state index contributed by atoms with van der Waals surface area (Å²) in [6.45, 7) is 4.85. The van der Waals surface area contributed by atoms with Gasteiger partial charge in [-0.25, -0.2) is 0 Å². The van der Waals surface area contributed by atoms with E-state index in [0.717, 1.165) is 77.0 Å². The molecule has 6 heteroatoms. The van der Waals surface area contributed by atoms with Gasteiger partial charge < -0.3 is 20.3 Å². The van der Waals surface area contributed by atoms with Gasteiger partial charge in [-0.3, -0.25) is 9.59 Å². The summed E-state index contributed by atoms with van der Waals surface area (Å²) >= 11 is 0. The van der Waals surface area contributed by atoms with Gasteiger partial charge in [0.2, 0.25) is 5.91 Å². The van der Waals surface area contributed by atoms with Gasteiger partial charge in [0, 0.05) is 12.8 Å². The van der Waals surface area contributed by atoms with Crippen molar-refractivity contribution in [3.05, 3.63) is 36.5 Å². The molecule has 0 aliphatic rings. The van der Waals surface area contributed by atoms with Crippen LogP contribution in [-0.4, -0.2) is 47.4 Å². The molecular weight excluding hydrogens is 791 g/mol. The van der Waals surface area contributed by atoms with Crippen molar-refractivity contribution in [1.82, 2.24) is 5.32 Å². The van der Waals surface area contributed by atoms with Gasteiger partial charge in [-0.05, 0) is 77.0 Å². The van der Waals surface area contributed by atoms with E-state index in [1.165, 1.54) is 186 Å². The number of carbonyl (C=O) groups is 2. The van der Waals surface area contributed by atoms with E-state index in [-0.39, 0.29) is 18.5 Å². The SMILES string of the molecule is CCCCCC/C=C\C/C=C\CCCCCCCCCC(=O)OCCCCCC/C=C\CCCC(=O)NC(CO)C(O)CCCCCCCCCCCCCCCCCCCCCC. The maximum absolute atomic E-state index is 12.5. The highest BCUT2D eigenvalue weighted by molar-refractivity contribution is 5.76. The van der Waals surface area contributed by atoms with E-state index < -0.39 is 12.1 Å². The fourth-order valence-corrected chi connectivity index (χ4v) is 8.56. The number of ether oxygens (including phenoxy) is 1. The largest absolute Gasteiger partial charge is 0.466 e. The Kier molecular flexibility index (Phi) is 52.1. The molecule has 3 N–H and O–H groups in total. The van der Waals surface area contributed by atoms with E-state index in [9.17, 15) is 19.8 Å². The predicted octanol–water partition coefficient (Wildman–Crippen LogP) is 17.2. The molecule has 0 fully saturated rings. The molecule has 1 amide bonds. The van der Waals surface area contributed by atoms with Gasteiger partial charge in [0.1, 0.15) is 0 Å². The number of aliphatic hydroxyl groups excluding tert-OH is 2. The van der Waals surface area contributed by atoms with Crippen LogP contribution in [0.4, 0.5) is 0 Å². The molecule has 0 spiro atoms. The summed E-state index contributed by atoms with van der Waals surface area (Å²) in [5.74, 6) is -0.137. The number of nitrogens with one attached hydrogen (secondary N) is 1. The second kappa shape index (κ2) is 53.7. The average Bonchev–Trinajstić information content (AvgIpc) is 3.29. The van der Waals surface area contributed by atoms with Crippen molar-refractivity contribution in [2.75, 3.05) is 13.2 Å². The first kappa shape index (κ1) is 62.1. The minimum atomic E-state index is -0.697. The van der Waals surface area contributed by atoms with Crippen LogP contribution < -0.4 is 5.32 Å². The standard InChI is InChI=1S/C58H109NO5/c1-3-5-7-9-11-13-15-17-19-21-23-24-25-27-29-31-34-38-42-46-50-56(61)55(54-60)59-57(62)51-47-43-39-35-33-37-41-45-49-53-64-58(63)52-48-44-40-36-32-30-28-26-22-20-18-16-14-12-10-8-6-4-2/h14,16,20,22,35,39,55-56,60-61H,3-13,15,17-19,21,23-34,36-38,40-54H2,1-2H3,(H,59,62)/b16-14-,22-20-,39-35-. The van der Waals surface area contributed by atoms with Gasteiger partial charge >= 0.3 is 5.97 Å². The first-order valence-electron chi connectivity index (χ1n) is 28.2. The summed E-state index contributed by atoms with van der Waals surface area (Å²) in [6, 6.07) is -0.581. The van der Waals surface area contributed by atoms with E-state index in [4.69, 9.17) is 4.74 Å². The van der Waals surface area contributed by atoms with Crippen LogP contribution in [0.5, 0.6) is 0 Å². The Balaban J connectivity index is 3.53. The maximum atomic E-state index is 12.5. The number of rotatable bonds is 52. The summed E-state index contributed by atoms with van der Waals surface area (Å²) in [4.78, 5) is 24.5. The number of hydrogen-bond acceptors (Lipinski definition) is 5. The van der Waals surface area contributed by atoms with Crippen LogP contribution in [0, 0.1) is 0 Å². The summed E-state index contributed by atoms with van der Waals surface area (Å²) in [7, 11) is 0. The Morgan fingerprint density at radius 3 is 1.25 bits per heavy atom. The number of aliphatic hydroxyl groups is 2. The summed E-state index contributed by atoms with van der Waals surface area (Å²) < 4.78 is 5.45. The van der Waals surface area contributed by atoms with E-state index >= 15 is 0 Å². The van der Waals surface area contributed by atoms with Crippen molar-refractivity contribution >= 4 is 11.9 Å². The van der Waals surface area contributed by atoms with E-state index in [0.29, 0.717) is 25.9 Å². The highest BCUT2D eigenvalue weighted by atomic mass is 16.5. The molecule has 6 nitrogen and oxygen atoms in total. The van der Waals surface area contributed by atoms with Gasteiger partial charge in [-0.1, -0.05) is 243 Å². The molecule has 2 unspecified atom stereocenters. The zero-order chi connectivity index (χ0) is 46.5. The Morgan fingerprint density at radius 1 is 0.438 bits per heavy atom. The lowest BCUT2D eigenvalue weighted by molar-refractivity contribution is -0.143. The number of esters is 1. The van der Waals surface area contributed by atoms with Crippen LogP contribution in [0.3, 0.4) is 0 Å². The third kappa shape index (κ3) is 49.5. The molecule has 0 bridgehead atoms. The van der Waals surface area contributed by atoms with Gasteiger partial charge in [0.25, 0.3) is 0 Å². The Hall–Kier alpha value is -1.92. The fraction of sp³-hybridized carbons (Fsp3) is 0.862. The lowest BCUT2D eigenvalue weighted by Gasteiger charge is -2.22. The summed E-state index contributed by atoms with van der Waals surface area (Å²) in [5, 5.41) is 23.3. The second-order valence-electron chi connectivity index (χ2n) is 19.3. The first-order valence-corrected chi connectivity index (χ1v) is 28.2. The monoisotopic (exact) mass is 900 g/mol. The fourth-order valence-electron chi connectivity index (χ4n) is 8.56. The van der Waals surface area contributed by atoms with E-state index in [1.807, 2.05) is 0 Å². The van der Waals surface area contributed by atoms with Crippen molar-refractivity contribution in [3.8, 4) is 0 Å². The molecule has 0 aliphatic heterocycles. The quantitative estimate of drug-likeness (QED) is 0.0321. The van der Waals surface area contributed by atoms with Gasteiger partial charge in [0.15, 0.2) is 0 Å². The average molecular weight is 901 g/mol. The van der Waals surface area contributed by atoms with Crippen molar-refractivity contribution < 1.29 is 24.5 Å². The lowest BCUT2D eigenvalue weighted by atomic mass is 10.0. The second-order valence-corrected chi connectivity index (χ2v) is 19.3. The molecule has 0 aromatic rings. The summed E-state index contributed by atoms with van der Waals surface area (Å²) in [5.41, 5.74) is 0. The molecule has 0 saturated carbocycles. The Labute approximate surface area is 398 Å². The van der Waals surface area contributed by atoms with E-state index in [1.54, 1.807) is 0 Å². The van der Waals surface area contributed by atoms with Crippen molar-refractivity contribution in [1.29, 1.82) is 0 Å². The molecule has 0 saturated heterocycles. The minimum absolute atomic E-state index is 0.0426. The van der Waals surface area contributed by atoms with Crippen LogP contribution in [0.1, 0.15) is 296 Å². The van der Waals surface area contributed by atoms with Crippen LogP contribution in [0.15, 0.2) is 36.5 Å². The van der Waals surface area contributed by atoms with Crippen molar-refractivity contribution in [2.24, 2.45) is 0 Å². The van der Waals surface area contributed by atoms with E-state index in [2.05, 4.69) is 55.6 Å². The van der Waals surface area contributed by atoms with Crippen LogP contribution >= 0.6 is 0 Å². The highest BCUT2D eigenvalue weighted by Crippen LogP contribution is 2.17. The normalized spacial score (nSPS) is 12.9. The number of unbranched alkanes of at least 4 members (excludes halogenated alkanes) is 35. The molecule has 64 heavy (non-hydrogen) atoms. The number of amides is 1. The number of carbonyl (C=O) groups excluding carboxylic acids is 2. The molecule has 0 aromatic heterocycles. The molecule has 376 valence electrons. The third-order valence-corrected chi connectivity index (χ3v) is 12.9. The first-order chi connectivity index (χ1) is 31.5. The molecule has 0 rings (SSSR count). The highest BCUT2D eigenvalue weighted by Gasteiger charge is 2.20. The molecule has 0 radical (unpaired) electrons.